The van der Waals surface area contributed by atoms with Crippen LogP contribution in [0.2, 0.25) is 0 Å². The van der Waals surface area contributed by atoms with Crippen LogP contribution in [-0.2, 0) is 14.3 Å². The molecule has 2 aromatic carbocycles. The quantitative estimate of drug-likeness (QED) is 0.734. The molecule has 170 valence electrons. The Bertz CT molecular complexity index is 1120. The Hall–Kier alpha value is -3.35. The number of carboxylic acids is 1. The molecular formula is C26H26N2O5. The second kappa shape index (κ2) is 7.07. The van der Waals surface area contributed by atoms with Crippen LogP contribution >= 0.6 is 0 Å². The van der Waals surface area contributed by atoms with Crippen molar-refractivity contribution in [2.75, 3.05) is 19.7 Å². The van der Waals surface area contributed by atoms with Crippen molar-refractivity contribution >= 4 is 18.0 Å². The zero-order chi connectivity index (χ0) is 22.8. The molecule has 7 nitrogen and oxygen atoms in total. The lowest BCUT2D eigenvalue weighted by molar-refractivity contribution is -0.143. The van der Waals surface area contributed by atoms with E-state index in [1.807, 2.05) is 24.3 Å². The summed E-state index contributed by atoms with van der Waals surface area (Å²) >= 11 is 0. The van der Waals surface area contributed by atoms with Crippen molar-refractivity contribution in [3.63, 3.8) is 0 Å². The summed E-state index contributed by atoms with van der Waals surface area (Å²) in [5.41, 5.74) is 3.37. The molecule has 2 amide bonds. The molecule has 0 radical (unpaired) electrons. The van der Waals surface area contributed by atoms with Gasteiger partial charge in [0.25, 0.3) is 0 Å². The Morgan fingerprint density at radius 3 is 2.09 bits per heavy atom. The molecule has 1 spiro atoms. The molecule has 1 saturated heterocycles. The standard InChI is InChI=1S/C26H26N2O5/c29-22(30)21-13-28(15-25(21)9-10-25)23(31)26(11-12-26)27-24(32)33-14-20-18-7-3-1-5-16(18)17-6-2-4-8-19(17)20/h1-8,20-21H,9-15H2,(H,27,32)(H,29,30). The first kappa shape index (κ1) is 20.3. The predicted molar refractivity (Wildman–Crippen MR) is 120 cm³/mol. The average Bonchev–Trinajstić information content (AvgIpc) is 3.69. The number of hydrogen-bond acceptors (Lipinski definition) is 4. The van der Waals surface area contributed by atoms with Crippen LogP contribution in [-0.4, -0.2) is 53.2 Å². The van der Waals surface area contributed by atoms with Crippen molar-refractivity contribution < 1.29 is 24.2 Å². The van der Waals surface area contributed by atoms with E-state index in [0.29, 0.717) is 19.4 Å². The zero-order valence-corrected chi connectivity index (χ0v) is 18.3. The number of fused-ring (bicyclic) bond motifs is 3. The van der Waals surface area contributed by atoms with E-state index in [2.05, 4.69) is 29.6 Å². The Morgan fingerprint density at radius 1 is 0.970 bits per heavy atom. The lowest BCUT2D eigenvalue weighted by atomic mass is 9.93. The molecule has 3 fully saturated rings. The van der Waals surface area contributed by atoms with Crippen LogP contribution < -0.4 is 5.32 Å². The van der Waals surface area contributed by atoms with Crippen molar-refractivity contribution in [2.24, 2.45) is 11.3 Å². The second-order valence-corrected chi connectivity index (χ2v) is 9.97. The van der Waals surface area contributed by atoms with Gasteiger partial charge < -0.3 is 20.1 Å². The summed E-state index contributed by atoms with van der Waals surface area (Å²) in [5, 5.41) is 12.3. The van der Waals surface area contributed by atoms with Crippen molar-refractivity contribution in [3.05, 3.63) is 59.7 Å². The number of nitrogens with one attached hydrogen (secondary N) is 1. The molecule has 6 rings (SSSR count). The number of nitrogens with zero attached hydrogens (tertiary/aromatic N) is 1. The number of rotatable bonds is 5. The van der Waals surface area contributed by atoms with E-state index in [0.717, 1.165) is 35.1 Å². The van der Waals surface area contributed by atoms with E-state index in [1.165, 1.54) is 0 Å². The summed E-state index contributed by atoms with van der Waals surface area (Å²) in [7, 11) is 0. The van der Waals surface area contributed by atoms with Gasteiger partial charge >= 0.3 is 12.1 Å². The highest BCUT2D eigenvalue weighted by Crippen LogP contribution is 2.57. The van der Waals surface area contributed by atoms with Gasteiger partial charge in [0.2, 0.25) is 5.91 Å². The number of hydrogen-bond donors (Lipinski definition) is 2. The molecule has 3 aliphatic carbocycles. The van der Waals surface area contributed by atoms with Crippen LogP contribution in [0.1, 0.15) is 42.7 Å². The van der Waals surface area contributed by atoms with E-state index < -0.39 is 23.5 Å². The van der Waals surface area contributed by atoms with Crippen LogP contribution in [0, 0.1) is 11.3 Å². The summed E-state index contributed by atoms with van der Waals surface area (Å²) in [4.78, 5) is 39.2. The molecule has 0 aromatic heterocycles. The highest BCUT2D eigenvalue weighted by atomic mass is 16.5. The molecule has 0 bridgehead atoms. The Morgan fingerprint density at radius 2 is 1.58 bits per heavy atom. The molecule has 33 heavy (non-hydrogen) atoms. The molecule has 2 saturated carbocycles. The van der Waals surface area contributed by atoms with E-state index in [9.17, 15) is 19.5 Å². The van der Waals surface area contributed by atoms with Crippen LogP contribution in [0.5, 0.6) is 0 Å². The van der Waals surface area contributed by atoms with Gasteiger partial charge in [0.05, 0.1) is 5.92 Å². The molecule has 7 heteroatoms. The molecule has 4 aliphatic rings. The Labute approximate surface area is 191 Å². The van der Waals surface area contributed by atoms with Gasteiger partial charge in [-0.05, 0) is 47.9 Å². The van der Waals surface area contributed by atoms with Gasteiger partial charge in [0, 0.05) is 24.4 Å². The monoisotopic (exact) mass is 446 g/mol. The van der Waals surface area contributed by atoms with Crippen molar-refractivity contribution in [3.8, 4) is 11.1 Å². The maximum atomic E-state index is 13.2. The lowest BCUT2D eigenvalue weighted by Crippen LogP contribution is -2.50. The molecule has 1 heterocycles. The van der Waals surface area contributed by atoms with Gasteiger partial charge in [-0.3, -0.25) is 9.59 Å². The Balaban J connectivity index is 1.12. The fourth-order valence-corrected chi connectivity index (χ4v) is 5.78. The number of carbonyl (C=O) groups is 3. The number of amides is 2. The highest BCUT2D eigenvalue weighted by Gasteiger charge is 2.62. The SMILES string of the molecule is O=C(NC1(C(=O)N2CC(C(=O)O)C3(CC3)C2)CC1)OCC1c2ccccc2-c2ccccc21. The van der Waals surface area contributed by atoms with Crippen LogP contribution in [0.4, 0.5) is 4.79 Å². The molecule has 1 atom stereocenters. The first-order valence-electron chi connectivity index (χ1n) is 11.6. The van der Waals surface area contributed by atoms with Gasteiger partial charge in [-0.25, -0.2) is 4.79 Å². The van der Waals surface area contributed by atoms with Gasteiger partial charge in [-0.15, -0.1) is 0 Å². The summed E-state index contributed by atoms with van der Waals surface area (Å²) in [6.45, 7) is 0.886. The fourth-order valence-electron chi connectivity index (χ4n) is 5.78. The van der Waals surface area contributed by atoms with Crippen molar-refractivity contribution in [1.29, 1.82) is 0 Å². The number of carboxylic acid groups (broad SMARTS) is 1. The van der Waals surface area contributed by atoms with E-state index in [1.54, 1.807) is 4.90 Å². The van der Waals surface area contributed by atoms with E-state index in [4.69, 9.17) is 4.74 Å². The summed E-state index contributed by atoms with van der Waals surface area (Å²) in [6.07, 6.45) is 2.20. The minimum atomic E-state index is -0.952. The predicted octanol–water partition coefficient (Wildman–Crippen LogP) is 3.38. The number of alkyl carbamates (subject to hydrolysis) is 1. The van der Waals surface area contributed by atoms with E-state index >= 15 is 0 Å². The summed E-state index contributed by atoms with van der Waals surface area (Å²) in [5.74, 6) is -1.56. The maximum Gasteiger partial charge on any atom is 0.408 e. The number of likely N-dealkylation sites (tertiary alicyclic amines) is 1. The van der Waals surface area contributed by atoms with Gasteiger partial charge in [-0.2, -0.15) is 0 Å². The molecular weight excluding hydrogens is 420 g/mol. The zero-order valence-electron chi connectivity index (χ0n) is 18.3. The molecule has 2 aromatic rings. The topological polar surface area (TPSA) is 95.9 Å². The third-order valence-electron chi connectivity index (χ3n) is 7.97. The number of carbonyl (C=O) groups excluding carboxylic acids is 2. The fraction of sp³-hybridized carbons (Fsp3) is 0.423. The lowest BCUT2D eigenvalue weighted by Gasteiger charge is -2.24. The first-order chi connectivity index (χ1) is 15.9. The minimum absolute atomic E-state index is 0.0429. The number of benzene rings is 2. The Kier molecular flexibility index (Phi) is 4.34. The number of aliphatic carboxylic acids is 1. The summed E-state index contributed by atoms with van der Waals surface area (Å²) in [6, 6.07) is 16.3. The molecule has 1 unspecified atom stereocenters. The average molecular weight is 447 g/mol. The maximum absolute atomic E-state index is 13.2. The highest BCUT2D eigenvalue weighted by molar-refractivity contribution is 5.93. The van der Waals surface area contributed by atoms with Crippen molar-refractivity contribution in [1.82, 2.24) is 10.2 Å². The summed E-state index contributed by atoms with van der Waals surface area (Å²) < 4.78 is 5.63. The molecule has 1 aliphatic heterocycles. The van der Waals surface area contributed by atoms with Gasteiger partial charge in [0.1, 0.15) is 12.1 Å². The molecule has 2 N–H and O–H groups in total. The van der Waals surface area contributed by atoms with Gasteiger partial charge in [0.15, 0.2) is 0 Å². The number of ether oxygens (including phenoxy) is 1. The van der Waals surface area contributed by atoms with Gasteiger partial charge in [-0.1, -0.05) is 48.5 Å². The van der Waals surface area contributed by atoms with Crippen LogP contribution in [0.3, 0.4) is 0 Å². The van der Waals surface area contributed by atoms with E-state index in [-0.39, 0.29) is 30.4 Å². The second-order valence-electron chi connectivity index (χ2n) is 9.97. The third-order valence-corrected chi connectivity index (χ3v) is 7.97. The smallest absolute Gasteiger partial charge is 0.408 e. The van der Waals surface area contributed by atoms with Crippen LogP contribution in [0.15, 0.2) is 48.5 Å². The van der Waals surface area contributed by atoms with Crippen molar-refractivity contribution in [2.45, 2.75) is 37.1 Å². The third kappa shape index (κ3) is 3.21. The first-order valence-corrected chi connectivity index (χ1v) is 11.6. The normalized spacial score (nSPS) is 23.0. The minimum Gasteiger partial charge on any atom is -0.481 e. The largest absolute Gasteiger partial charge is 0.481 e. The van der Waals surface area contributed by atoms with Crippen LogP contribution in [0.25, 0.3) is 11.1 Å².